The summed E-state index contributed by atoms with van der Waals surface area (Å²) in [6.45, 7) is 0. The Bertz CT molecular complexity index is 924. The van der Waals surface area contributed by atoms with Gasteiger partial charge in [-0.3, -0.25) is 10.2 Å². The molecule has 0 saturated heterocycles. The Hall–Kier alpha value is -2.64. The number of ketones is 1. The van der Waals surface area contributed by atoms with Crippen LogP contribution in [-0.2, 0) is 6.42 Å². The molecule has 0 fully saturated rings. The Kier molecular flexibility index (Phi) is 3.59. The summed E-state index contributed by atoms with van der Waals surface area (Å²) >= 11 is 1.27. The van der Waals surface area contributed by atoms with Crippen LogP contribution in [0.25, 0.3) is 4.91 Å². The van der Waals surface area contributed by atoms with Crippen LogP contribution in [0, 0.1) is 28.6 Å². The van der Waals surface area contributed by atoms with Gasteiger partial charge in [-0.2, -0.15) is 5.26 Å². The molecule has 0 unspecified atom stereocenters. The van der Waals surface area contributed by atoms with Gasteiger partial charge >= 0.3 is 0 Å². The van der Waals surface area contributed by atoms with Crippen molar-refractivity contribution in [2.75, 3.05) is 0 Å². The van der Waals surface area contributed by atoms with Gasteiger partial charge < -0.3 is 0 Å². The van der Waals surface area contributed by atoms with Crippen molar-refractivity contribution in [1.82, 2.24) is 0 Å². The lowest BCUT2D eigenvalue weighted by Gasteiger charge is -2.28. The molecule has 0 amide bonds. The van der Waals surface area contributed by atoms with Gasteiger partial charge in [-0.1, -0.05) is 66.4 Å². The standard InChI is InChI=1S/C20H14N2OS/c21-11-16-15(10-12-6-2-1-3-7-12)17-18(23)13-8-4-5-9-14(13)19(17)24-20(16)22/h1-9,15-16,22H,10H2/t15-,16+/m1/s1. The molecule has 2 atom stereocenters. The van der Waals surface area contributed by atoms with E-state index < -0.39 is 5.92 Å². The predicted octanol–water partition coefficient (Wildman–Crippen LogP) is 4.32. The zero-order valence-electron chi connectivity index (χ0n) is 12.8. The second kappa shape index (κ2) is 5.77. The number of rotatable bonds is 2. The number of nitriles is 1. The fourth-order valence-electron chi connectivity index (χ4n) is 3.48. The number of thioether (sulfide) groups is 1. The molecule has 3 nitrogen and oxygen atoms in total. The van der Waals surface area contributed by atoms with Crippen LogP contribution >= 0.6 is 11.8 Å². The van der Waals surface area contributed by atoms with Crippen molar-refractivity contribution < 1.29 is 4.79 Å². The largest absolute Gasteiger partial charge is 0.297 e. The highest BCUT2D eigenvalue weighted by atomic mass is 32.2. The first-order valence-electron chi connectivity index (χ1n) is 7.79. The molecule has 1 aliphatic heterocycles. The molecule has 24 heavy (non-hydrogen) atoms. The van der Waals surface area contributed by atoms with E-state index in [2.05, 4.69) is 6.07 Å². The molecule has 1 aliphatic carbocycles. The van der Waals surface area contributed by atoms with Crippen molar-refractivity contribution in [2.24, 2.45) is 11.8 Å². The molecule has 2 aromatic rings. The maximum Gasteiger partial charge on any atom is 0.191 e. The summed E-state index contributed by atoms with van der Waals surface area (Å²) in [5, 5.41) is 18.2. The number of benzene rings is 2. The molecular formula is C20H14N2OS. The Morgan fingerprint density at radius 2 is 1.71 bits per heavy atom. The van der Waals surface area contributed by atoms with Crippen LogP contribution < -0.4 is 0 Å². The number of carbonyl (C=O) groups excluding carboxylic acids is 1. The van der Waals surface area contributed by atoms with E-state index in [1.54, 1.807) is 0 Å². The van der Waals surface area contributed by atoms with Gasteiger partial charge in [0.2, 0.25) is 0 Å². The topological polar surface area (TPSA) is 64.7 Å². The number of Topliss-reactive ketones (excluding diaryl/α,β-unsaturated/α-hetero) is 1. The molecule has 2 aromatic carbocycles. The minimum Gasteiger partial charge on any atom is -0.297 e. The SMILES string of the molecule is N#C[C@@H]1C(=N)SC2=C(C(=O)c3ccccc32)[C@@H]1Cc1ccccc1. The molecule has 2 aliphatic rings. The molecule has 0 aromatic heterocycles. The third-order valence-electron chi connectivity index (χ3n) is 4.61. The Balaban J connectivity index is 1.84. The first-order chi connectivity index (χ1) is 11.7. The van der Waals surface area contributed by atoms with Crippen LogP contribution in [0.2, 0.25) is 0 Å². The summed E-state index contributed by atoms with van der Waals surface area (Å²) in [6.07, 6.45) is 0.598. The van der Waals surface area contributed by atoms with Crippen molar-refractivity contribution >= 4 is 27.5 Å². The van der Waals surface area contributed by atoms with Crippen molar-refractivity contribution in [2.45, 2.75) is 6.42 Å². The van der Waals surface area contributed by atoms with E-state index in [1.807, 2.05) is 54.6 Å². The van der Waals surface area contributed by atoms with E-state index in [4.69, 9.17) is 5.41 Å². The van der Waals surface area contributed by atoms with Gasteiger partial charge in [0, 0.05) is 22.0 Å². The number of hydrogen-bond acceptors (Lipinski definition) is 4. The van der Waals surface area contributed by atoms with Crippen molar-refractivity contribution in [3.8, 4) is 6.07 Å². The van der Waals surface area contributed by atoms with E-state index in [0.29, 0.717) is 22.6 Å². The van der Waals surface area contributed by atoms with Crippen molar-refractivity contribution in [3.05, 3.63) is 76.9 Å². The average molecular weight is 330 g/mol. The highest BCUT2D eigenvalue weighted by Gasteiger charge is 2.43. The quantitative estimate of drug-likeness (QED) is 0.892. The van der Waals surface area contributed by atoms with Gasteiger partial charge in [0.25, 0.3) is 0 Å². The average Bonchev–Trinajstić information content (AvgIpc) is 2.89. The van der Waals surface area contributed by atoms with E-state index in [1.165, 1.54) is 11.8 Å². The summed E-state index contributed by atoms with van der Waals surface area (Å²) < 4.78 is 0. The molecule has 1 heterocycles. The van der Waals surface area contributed by atoms with Gasteiger partial charge in [0.05, 0.1) is 11.1 Å². The highest BCUT2D eigenvalue weighted by Crippen LogP contribution is 2.50. The first-order valence-corrected chi connectivity index (χ1v) is 8.60. The second-order valence-electron chi connectivity index (χ2n) is 5.99. The van der Waals surface area contributed by atoms with Crippen LogP contribution in [0.3, 0.4) is 0 Å². The first kappa shape index (κ1) is 14.9. The summed E-state index contributed by atoms with van der Waals surface area (Å²) in [7, 11) is 0. The Labute approximate surface area is 144 Å². The number of nitrogens with one attached hydrogen (secondary N) is 1. The molecule has 0 saturated carbocycles. The lowest BCUT2D eigenvalue weighted by atomic mass is 9.80. The van der Waals surface area contributed by atoms with Crippen LogP contribution in [0.1, 0.15) is 21.5 Å². The predicted molar refractivity (Wildman–Crippen MR) is 95.7 cm³/mol. The van der Waals surface area contributed by atoms with Crippen LogP contribution in [0.4, 0.5) is 0 Å². The summed E-state index contributed by atoms with van der Waals surface area (Å²) in [5.41, 5.74) is 3.40. The number of fused-ring (bicyclic) bond motifs is 2. The lowest BCUT2D eigenvalue weighted by Crippen LogP contribution is -2.29. The van der Waals surface area contributed by atoms with Crippen LogP contribution in [0.15, 0.2) is 60.2 Å². The molecule has 4 heteroatoms. The van der Waals surface area contributed by atoms with E-state index in [0.717, 1.165) is 16.0 Å². The smallest absolute Gasteiger partial charge is 0.191 e. The summed E-state index contributed by atoms with van der Waals surface area (Å²) in [5.74, 6) is -0.810. The molecule has 116 valence electrons. The van der Waals surface area contributed by atoms with Gasteiger partial charge in [0.15, 0.2) is 5.78 Å². The van der Waals surface area contributed by atoms with E-state index in [9.17, 15) is 10.1 Å². The number of nitrogens with zero attached hydrogens (tertiary/aromatic N) is 1. The third-order valence-corrected chi connectivity index (χ3v) is 5.73. The minimum atomic E-state index is -0.563. The summed E-state index contributed by atoms with van der Waals surface area (Å²) in [4.78, 5) is 13.8. The van der Waals surface area contributed by atoms with E-state index in [-0.39, 0.29) is 11.7 Å². The normalized spacial score (nSPS) is 22.1. The van der Waals surface area contributed by atoms with E-state index >= 15 is 0 Å². The fraction of sp³-hybridized carbons (Fsp3) is 0.150. The zero-order valence-corrected chi connectivity index (χ0v) is 13.6. The Morgan fingerprint density at radius 1 is 1.04 bits per heavy atom. The van der Waals surface area contributed by atoms with Gasteiger partial charge in [-0.05, 0) is 17.5 Å². The molecular weight excluding hydrogens is 316 g/mol. The summed E-state index contributed by atoms with van der Waals surface area (Å²) in [6, 6.07) is 19.7. The maximum absolute atomic E-state index is 12.9. The second-order valence-corrected chi connectivity index (χ2v) is 7.04. The van der Waals surface area contributed by atoms with Crippen molar-refractivity contribution in [1.29, 1.82) is 10.7 Å². The number of allylic oxidation sites excluding steroid dienone is 1. The Morgan fingerprint density at radius 3 is 2.42 bits per heavy atom. The van der Waals surface area contributed by atoms with Gasteiger partial charge in [-0.25, -0.2) is 0 Å². The monoisotopic (exact) mass is 330 g/mol. The molecule has 1 N–H and O–H groups in total. The van der Waals surface area contributed by atoms with Crippen LogP contribution in [-0.4, -0.2) is 10.8 Å². The van der Waals surface area contributed by atoms with Crippen molar-refractivity contribution in [3.63, 3.8) is 0 Å². The van der Waals surface area contributed by atoms with Gasteiger partial charge in [-0.15, -0.1) is 0 Å². The molecule has 4 rings (SSSR count). The molecule has 0 spiro atoms. The number of carbonyl (C=O) groups is 1. The molecule has 0 radical (unpaired) electrons. The number of hydrogen-bond donors (Lipinski definition) is 1. The maximum atomic E-state index is 12.9. The van der Waals surface area contributed by atoms with Gasteiger partial charge in [0.1, 0.15) is 5.92 Å². The minimum absolute atomic E-state index is 0.0155. The third kappa shape index (κ3) is 2.21. The molecule has 0 bridgehead atoms. The fourth-order valence-corrected chi connectivity index (χ4v) is 4.68. The van der Waals surface area contributed by atoms with Crippen LogP contribution in [0.5, 0.6) is 0 Å². The lowest BCUT2D eigenvalue weighted by molar-refractivity contribution is 0.102. The zero-order chi connectivity index (χ0) is 16.7. The highest BCUT2D eigenvalue weighted by molar-refractivity contribution is 8.21.